The minimum atomic E-state index is 0.723. The molecule has 0 rings (SSSR count). The Bertz CT molecular complexity index is 63.4. The molecule has 48 valence electrons. The Labute approximate surface area is 64.2 Å². The van der Waals surface area contributed by atoms with E-state index >= 15 is 0 Å². The van der Waals surface area contributed by atoms with Crippen LogP contribution in [0.3, 0.4) is 0 Å². The van der Waals surface area contributed by atoms with Crippen LogP contribution in [0.1, 0.15) is 0 Å². The zero-order chi connectivity index (χ0) is 6.24. The predicted molar refractivity (Wildman–Crippen MR) is 43.0 cm³/mol. The molecule has 0 radical (unpaired) electrons. The molecule has 0 aliphatic heterocycles. The average Bonchev–Trinajstić information content (AvgIpc) is 1.81. The first-order chi connectivity index (χ1) is 3.91. The Balaban J connectivity index is 2.72. The zero-order valence-corrected chi connectivity index (χ0v) is 6.77. The first-order valence-electron chi connectivity index (χ1n) is 2.30. The van der Waals surface area contributed by atoms with Crippen LogP contribution in [0.4, 0.5) is 0 Å². The van der Waals surface area contributed by atoms with Crippen molar-refractivity contribution in [3.63, 3.8) is 0 Å². The van der Waals surface area contributed by atoms with E-state index < -0.39 is 0 Å². The molecule has 0 aromatic rings. The van der Waals surface area contributed by atoms with Crippen molar-refractivity contribution in [2.75, 3.05) is 17.4 Å². The molecule has 0 nitrogen and oxygen atoms in total. The van der Waals surface area contributed by atoms with Gasteiger partial charge in [-0.3, -0.25) is 0 Å². The quantitative estimate of drug-likeness (QED) is 0.463. The molecule has 0 spiro atoms. The maximum absolute atomic E-state index is 5.40. The molecular weight excluding hydrogens is 163 g/mol. The second kappa shape index (κ2) is 7.67. The van der Waals surface area contributed by atoms with Gasteiger partial charge >= 0.3 is 0 Å². The second-order valence-electron chi connectivity index (χ2n) is 1.13. The summed E-state index contributed by atoms with van der Waals surface area (Å²) in [6.45, 7) is 0. The number of hydrogen-bond donors (Lipinski definition) is 0. The first kappa shape index (κ1) is 8.67. The van der Waals surface area contributed by atoms with Crippen molar-refractivity contribution in [3.8, 4) is 0 Å². The molecular formula is C5H8Cl2S. The molecule has 0 amide bonds. The summed E-state index contributed by atoms with van der Waals surface area (Å²) < 4.78 is 0. The normalized spacial score (nSPS) is 10.8. The van der Waals surface area contributed by atoms with E-state index in [1.807, 2.05) is 6.08 Å². The molecule has 0 unspecified atom stereocenters. The van der Waals surface area contributed by atoms with Crippen LogP contribution in [0.5, 0.6) is 0 Å². The van der Waals surface area contributed by atoms with Crippen molar-refractivity contribution < 1.29 is 0 Å². The lowest BCUT2D eigenvalue weighted by atomic mass is 10.8. The number of hydrogen-bond acceptors (Lipinski definition) is 1. The van der Waals surface area contributed by atoms with Gasteiger partial charge in [-0.15, -0.1) is 11.6 Å². The van der Waals surface area contributed by atoms with Gasteiger partial charge in [-0.1, -0.05) is 17.7 Å². The molecule has 0 bridgehead atoms. The minimum absolute atomic E-state index is 0.723. The average molecular weight is 171 g/mol. The summed E-state index contributed by atoms with van der Waals surface area (Å²) in [5.41, 5.74) is 1.53. The van der Waals surface area contributed by atoms with Gasteiger partial charge in [0.25, 0.3) is 0 Å². The van der Waals surface area contributed by atoms with E-state index in [4.69, 9.17) is 23.2 Å². The Kier molecular flexibility index (Phi) is 8.31. The predicted octanol–water partition coefficient (Wildman–Crippen LogP) is 2.71. The molecule has 3 heteroatoms. The third-order valence-electron chi connectivity index (χ3n) is 0.525. The summed E-state index contributed by atoms with van der Waals surface area (Å²) in [6, 6.07) is 0. The van der Waals surface area contributed by atoms with Crippen molar-refractivity contribution in [2.45, 2.75) is 0 Å². The molecule has 0 saturated heterocycles. The Morgan fingerprint density at radius 1 is 1.50 bits per heavy atom. The lowest BCUT2D eigenvalue weighted by molar-refractivity contribution is 1.53. The minimum Gasteiger partial charge on any atom is -0.157 e. The fourth-order valence-electron chi connectivity index (χ4n) is 0.242. The number of rotatable bonds is 4. The van der Waals surface area contributed by atoms with E-state index in [1.54, 1.807) is 11.8 Å². The van der Waals surface area contributed by atoms with E-state index in [9.17, 15) is 0 Å². The van der Waals surface area contributed by atoms with Crippen LogP contribution in [-0.2, 0) is 0 Å². The summed E-state index contributed by atoms with van der Waals surface area (Å²) in [7, 11) is 0. The van der Waals surface area contributed by atoms with E-state index in [0.717, 1.165) is 17.4 Å². The van der Waals surface area contributed by atoms with Crippen molar-refractivity contribution in [3.05, 3.63) is 11.6 Å². The van der Waals surface area contributed by atoms with Crippen LogP contribution in [0, 0.1) is 0 Å². The smallest absolute Gasteiger partial charge is 0.0314 e. The molecule has 8 heavy (non-hydrogen) atoms. The van der Waals surface area contributed by atoms with Gasteiger partial charge < -0.3 is 0 Å². The summed E-state index contributed by atoms with van der Waals surface area (Å²) in [5, 5.41) is 0. The SMILES string of the molecule is Cl/C=C/CSCCCl. The topological polar surface area (TPSA) is 0 Å². The van der Waals surface area contributed by atoms with Crippen LogP contribution in [0.25, 0.3) is 0 Å². The largest absolute Gasteiger partial charge is 0.157 e. The van der Waals surface area contributed by atoms with Crippen molar-refractivity contribution in [1.82, 2.24) is 0 Å². The van der Waals surface area contributed by atoms with E-state index in [-0.39, 0.29) is 0 Å². The molecule has 0 heterocycles. The maximum atomic E-state index is 5.40. The Morgan fingerprint density at radius 3 is 2.75 bits per heavy atom. The summed E-state index contributed by atoms with van der Waals surface area (Å²) in [5.74, 6) is 2.69. The van der Waals surface area contributed by atoms with Crippen LogP contribution in [-0.4, -0.2) is 17.4 Å². The van der Waals surface area contributed by atoms with Crippen molar-refractivity contribution >= 4 is 35.0 Å². The fraction of sp³-hybridized carbons (Fsp3) is 0.600. The highest BCUT2D eigenvalue weighted by atomic mass is 35.5. The van der Waals surface area contributed by atoms with Crippen LogP contribution >= 0.6 is 35.0 Å². The van der Waals surface area contributed by atoms with E-state index in [2.05, 4.69) is 0 Å². The van der Waals surface area contributed by atoms with E-state index in [0.29, 0.717) is 0 Å². The summed E-state index contributed by atoms with van der Waals surface area (Å²) in [6.07, 6.45) is 1.90. The van der Waals surface area contributed by atoms with Crippen molar-refractivity contribution in [2.24, 2.45) is 0 Å². The second-order valence-corrected chi connectivity index (χ2v) is 2.91. The molecule has 0 aromatic heterocycles. The van der Waals surface area contributed by atoms with Gasteiger partial charge in [-0.2, -0.15) is 11.8 Å². The first-order valence-corrected chi connectivity index (χ1v) is 4.43. The highest BCUT2D eigenvalue weighted by Crippen LogP contribution is 2.00. The molecule has 0 N–H and O–H groups in total. The number of thioether (sulfide) groups is 1. The van der Waals surface area contributed by atoms with Crippen LogP contribution in [0.15, 0.2) is 11.6 Å². The van der Waals surface area contributed by atoms with Crippen LogP contribution < -0.4 is 0 Å². The molecule has 0 aliphatic rings. The van der Waals surface area contributed by atoms with Gasteiger partial charge in [0.15, 0.2) is 0 Å². The van der Waals surface area contributed by atoms with Gasteiger partial charge in [0, 0.05) is 22.9 Å². The molecule has 0 saturated carbocycles. The third kappa shape index (κ3) is 6.67. The lowest BCUT2D eigenvalue weighted by Gasteiger charge is -1.88. The zero-order valence-electron chi connectivity index (χ0n) is 4.44. The monoisotopic (exact) mass is 170 g/mol. The summed E-state index contributed by atoms with van der Waals surface area (Å²) >= 11 is 12.4. The standard InChI is InChI=1S/C5H8Cl2S/c6-2-1-4-8-5-3-7/h1-2H,3-5H2/b2-1+. The maximum Gasteiger partial charge on any atom is 0.0314 e. The fourth-order valence-corrected chi connectivity index (χ4v) is 1.27. The van der Waals surface area contributed by atoms with Gasteiger partial charge in [0.05, 0.1) is 0 Å². The van der Waals surface area contributed by atoms with E-state index in [1.165, 1.54) is 5.54 Å². The van der Waals surface area contributed by atoms with Gasteiger partial charge in [-0.25, -0.2) is 0 Å². The number of alkyl halides is 1. The number of halogens is 2. The molecule has 0 fully saturated rings. The van der Waals surface area contributed by atoms with Gasteiger partial charge in [0.2, 0.25) is 0 Å². The van der Waals surface area contributed by atoms with Gasteiger partial charge in [-0.05, 0) is 0 Å². The third-order valence-corrected chi connectivity index (χ3v) is 2.04. The Hall–Kier alpha value is 0.670. The Morgan fingerprint density at radius 2 is 2.25 bits per heavy atom. The van der Waals surface area contributed by atoms with Crippen LogP contribution in [0.2, 0.25) is 0 Å². The molecule has 0 aromatic carbocycles. The molecule has 0 atom stereocenters. The highest BCUT2D eigenvalue weighted by molar-refractivity contribution is 7.99. The lowest BCUT2D eigenvalue weighted by Crippen LogP contribution is -1.78. The van der Waals surface area contributed by atoms with Gasteiger partial charge in [0.1, 0.15) is 0 Å². The summed E-state index contributed by atoms with van der Waals surface area (Å²) in [4.78, 5) is 0. The highest BCUT2D eigenvalue weighted by Gasteiger charge is 1.79. The molecule has 0 aliphatic carbocycles. The van der Waals surface area contributed by atoms with Crippen molar-refractivity contribution in [1.29, 1.82) is 0 Å².